The van der Waals surface area contributed by atoms with Crippen LogP contribution in [0.2, 0.25) is 0 Å². The quantitative estimate of drug-likeness (QED) is 0.695. The number of aromatic nitrogens is 3. The van der Waals surface area contributed by atoms with Crippen molar-refractivity contribution < 1.29 is 9.21 Å². The first-order valence-corrected chi connectivity index (χ1v) is 6.18. The number of carbonyl (C=O) groups excluding carboxylic acids is 1. The summed E-state index contributed by atoms with van der Waals surface area (Å²) in [6, 6.07) is 3.56. The number of fused-ring (bicyclic) bond motifs is 2. The largest absolute Gasteiger partial charge is 0.463 e. The van der Waals surface area contributed by atoms with Crippen LogP contribution in [0.15, 0.2) is 29.1 Å². The Morgan fingerprint density at radius 1 is 1.47 bits per heavy atom. The molecule has 3 aromatic heterocycles. The Kier molecular flexibility index (Phi) is 2.05. The predicted octanol–water partition coefficient (Wildman–Crippen LogP) is 1.68. The third-order valence-corrected chi connectivity index (χ3v) is 3.53. The second kappa shape index (κ2) is 3.74. The number of imidazole rings is 1. The van der Waals surface area contributed by atoms with Gasteiger partial charge in [0.15, 0.2) is 5.58 Å². The van der Waals surface area contributed by atoms with Gasteiger partial charge in [-0.25, -0.2) is 4.98 Å². The van der Waals surface area contributed by atoms with E-state index in [0.29, 0.717) is 24.4 Å². The van der Waals surface area contributed by atoms with Crippen molar-refractivity contribution in [1.29, 1.82) is 0 Å². The number of nitrogens with zero attached hydrogens (tertiary/aromatic N) is 2. The van der Waals surface area contributed by atoms with Gasteiger partial charge in [-0.05, 0) is 0 Å². The molecule has 6 heteroatoms. The van der Waals surface area contributed by atoms with E-state index in [4.69, 9.17) is 4.42 Å². The fraction of sp³-hybridized carbons (Fsp3) is 0.231. The molecule has 4 rings (SSSR count). The number of rotatable bonds is 1. The number of furan rings is 1. The average molecular weight is 256 g/mol. The molecule has 0 bridgehead atoms. The van der Waals surface area contributed by atoms with Crippen molar-refractivity contribution in [2.45, 2.75) is 13.0 Å². The molecule has 6 nitrogen and oxygen atoms in total. The van der Waals surface area contributed by atoms with Gasteiger partial charge in [-0.2, -0.15) is 0 Å². The van der Waals surface area contributed by atoms with Gasteiger partial charge in [0.25, 0.3) is 5.91 Å². The first kappa shape index (κ1) is 10.4. The number of hydrogen-bond donors (Lipinski definition) is 2. The Hall–Kier alpha value is -2.50. The van der Waals surface area contributed by atoms with Gasteiger partial charge in [0.1, 0.15) is 5.69 Å². The van der Waals surface area contributed by atoms with Gasteiger partial charge in [-0.3, -0.25) is 4.79 Å². The zero-order valence-corrected chi connectivity index (χ0v) is 10.1. The molecule has 0 aliphatic carbocycles. The van der Waals surface area contributed by atoms with Gasteiger partial charge in [-0.1, -0.05) is 0 Å². The van der Waals surface area contributed by atoms with Crippen LogP contribution in [0.3, 0.4) is 0 Å². The smallest absolute Gasteiger partial charge is 0.270 e. The maximum atomic E-state index is 12.4. The lowest BCUT2D eigenvalue weighted by Crippen LogP contribution is -2.36. The molecule has 1 amide bonds. The van der Waals surface area contributed by atoms with Gasteiger partial charge in [0, 0.05) is 25.1 Å². The second-order valence-corrected chi connectivity index (χ2v) is 4.69. The molecule has 0 unspecified atom stereocenters. The molecule has 0 spiro atoms. The van der Waals surface area contributed by atoms with Crippen LogP contribution in [-0.4, -0.2) is 32.3 Å². The number of carbonyl (C=O) groups is 1. The summed E-state index contributed by atoms with van der Waals surface area (Å²) in [5.74, 6) is -0.00773. The Bertz CT molecular complexity index is 723. The number of aromatic amines is 2. The molecule has 0 aromatic carbocycles. The normalized spacial score (nSPS) is 14.8. The summed E-state index contributed by atoms with van der Waals surface area (Å²) >= 11 is 0. The standard InChI is InChI=1S/C13H12N4O2/c18-13(10-5-12-9(16-10)2-4-19-12)17-3-1-8-11(6-17)15-7-14-8/h2,4-5,7,16H,1,3,6H2,(H,14,15). The van der Waals surface area contributed by atoms with Crippen LogP contribution in [-0.2, 0) is 13.0 Å². The highest BCUT2D eigenvalue weighted by molar-refractivity contribution is 5.96. The van der Waals surface area contributed by atoms with Gasteiger partial charge < -0.3 is 19.3 Å². The fourth-order valence-electron chi connectivity index (χ4n) is 2.52. The minimum atomic E-state index is -0.00773. The highest BCUT2D eigenvalue weighted by atomic mass is 16.3. The number of H-pyrrole nitrogens is 2. The molecule has 0 atom stereocenters. The summed E-state index contributed by atoms with van der Waals surface area (Å²) < 4.78 is 5.26. The summed E-state index contributed by atoms with van der Waals surface area (Å²) in [7, 11) is 0. The fourth-order valence-corrected chi connectivity index (χ4v) is 2.52. The van der Waals surface area contributed by atoms with E-state index >= 15 is 0 Å². The van der Waals surface area contributed by atoms with E-state index in [-0.39, 0.29) is 5.91 Å². The van der Waals surface area contributed by atoms with E-state index in [2.05, 4.69) is 15.0 Å². The van der Waals surface area contributed by atoms with Crippen molar-refractivity contribution in [1.82, 2.24) is 19.9 Å². The maximum Gasteiger partial charge on any atom is 0.270 e. The van der Waals surface area contributed by atoms with Crippen LogP contribution in [0.4, 0.5) is 0 Å². The predicted molar refractivity (Wildman–Crippen MR) is 67.6 cm³/mol. The molecule has 2 N–H and O–H groups in total. The van der Waals surface area contributed by atoms with E-state index in [1.54, 1.807) is 18.7 Å². The lowest BCUT2D eigenvalue weighted by Gasteiger charge is -2.25. The molecule has 1 aliphatic heterocycles. The van der Waals surface area contributed by atoms with Crippen LogP contribution < -0.4 is 0 Å². The zero-order chi connectivity index (χ0) is 12.8. The highest BCUT2D eigenvalue weighted by Crippen LogP contribution is 2.20. The van der Waals surface area contributed by atoms with Crippen LogP contribution in [0.25, 0.3) is 11.1 Å². The van der Waals surface area contributed by atoms with Crippen LogP contribution in [0.5, 0.6) is 0 Å². The third-order valence-electron chi connectivity index (χ3n) is 3.53. The Balaban J connectivity index is 1.63. The molecule has 0 fully saturated rings. The van der Waals surface area contributed by atoms with E-state index in [0.717, 1.165) is 23.3 Å². The van der Waals surface area contributed by atoms with Crippen molar-refractivity contribution in [3.8, 4) is 0 Å². The van der Waals surface area contributed by atoms with Crippen molar-refractivity contribution in [2.75, 3.05) is 6.54 Å². The van der Waals surface area contributed by atoms with Gasteiger partial charge in [-0.15, -0.1) is 0 Å². The SMILES string of the molecule is O=C(c1cc2occc2[nH]1)N1CCc2nc[nH]c2C1. The van der Waals surface area contributed by atoms with Gasteiger partial charge in [0.2, 0.25) is 0 Å². The molecule has 0 saturated carbocycles. The topological polar surface area (TPSA) is 77.9 Å². The average Bonchev–Trinajstić information content (AvgIpc) is 3.11. The number of amides is 1. The minimum absolute atomic E-state index is 0.00773. The van der Waals surface area contributed by atoms with Crippen molar-refractivity contribution in [3.63, 3.8) is 0 Å². The Morgan fingerprint density at radius 2 is 2.42 bits per heavy atom. The number of nitrogens with one attached hydrogen (secondary N) is 2. The maximum absolute atomic E-state index is 12.4. The van der Waals surface area contributed by atoms with E-state index in [1.807, 2.05) is 11.0 Å². The zero-order valence-electron chi connectivity index (χ0n) is 10.1. The molecule has 0 saturated heterocycles. The van der Waals surface area contributed by atoms with Crippen molar-refractivity contribution in [3.05, 3.63) is 41.8 Å². The van der Waals surface area contributed by atoms with Crippen molar-refractivity contribution in [2.24, 2.45) is 0 Å². The summed E-state index contributed by atoms with van der Waals surface area (Å²) in [5, 5.41) is 0. The molecule has 3 aromatic rings. The first-order valence-electron chi connectivity index (χ1n) is 6.18. The number of hydrogen-bond acceptors (Lipinski definition) is 3. The Labute approximate surface area is 108 Å². The monoisotopic (exact) mass is 256 g/mol. The first-order chi connectivity index (χ1) is 9.31. The molecule has 0 radical (unpaired) electrons. The van der Waals surface area contributed by atoms with E-state index in [9.17, 15) is 4.79 Å². The summed E-state index contributed by atoms with van der Waals surface area (Å²) in [5.41, 5.74) is 4.21. The molecular weight excluding hydrogens is 244 g/mol. The second-order valence-electron chi connectivity index (χ2n) is 4.69. The lowest BCUT2D eigenvalue weighted by atomic mass is 10.1. The van der Waals surface area contributed by atoms with Gasteiger partial charge >= 0.3 is 0 Å². The van der Waals surface area contributed by atoms with Crippen LogP contribution in [0, 0.1) is 0 Å². The van der Waals surface area contributed by atoms with Crippen LogP contribution in [0.1, 0.15) is 21.9 Å². The lowest BCUT2D eigenvalue weighted by molar-refractivity contribution is 0.0727. The summed E-state index contributed by atoms with van der Waals surface area (Å²) in [6.07, 6.45) is 4.08. The van der Waals surface area contributed by atoms with Crippen LogP contribution >= 0.6 is 0 Å². The third kappa shape index (κ3) is 1.56. The molecule has 19 heavy (non-hydrogen) atoms. The molecule has 4 heterocycles. The minimum Gasteiger partial charge on any atom is -0.463 e. The van der Waals surface area contributed by atoms with E-state index in [1.165, 1.54) is 0 Å². The summed E-state index contributed by atoms with van der Waals surface area (Å²) in [4.78, 5) is 24.6. The highest BCUT2D eigenvalue weighted by Gasteiger charge is 2.24. The van der Waals surface area contributed by atoms with Gasteiger partial charge in [0.05, 0.1) is 36.0 Å². The molecule has 96 valence electrons. The molecular formula is C13H12N4O2. The van der Waals surface area contributed by atoms with E-state index < -0.39 is 0 Å². The van der Waals surface area contributed by atoms with Crippen molar-refractivity contribution >= 4 is 17.0 Å². The molecule has 1 aliphatic rings. The Morgan fingerprint density at radius 3 is 3.32 bits per heavy atom. The summed E-state index contributed by atoms with van der Waals surface area (Å²) in [6.45, 7) is 1.27.